The zero-order chi connectivity index (χ0) is 39.7. The molecule has 0 aliphatic carbocycles. The Kier molecular flexibility index (Phi) is 12.6. The number of pyridine rings is 1. The van der Waals surface area contributed by atoms with E-state index >= 15 is 0 Å². The number of ketones is 1. The topological polar surface area (TPSA) is 89.9 Å². The standard InChI is InChI=1S/C41H49Cl2F2N5O4Si/c1-25-21-50(22-25)24-34-39(52-5)48-32(20-46-34)30-13-9-12-28(38(30)43)27-11-8-10-26(37(27)42)18-35(51)31-19-36(54-40(44)45)29-14-15-49(23-33(29)47-31)16-17-53-55(6,7)41(2,3)4/h8-13,19-20,25,40H,14-18,21-24H2,1-7H3. The highest BCUT2D eigenvalue weighted by atomic mass is 35.5. The number of methoxy groups -OCH3 is 1. The van der Waals surface area contributed by atoms with Crippen LogP contribution < -0.4 is 9.47 Å². The number of fused-ring (bicyclic) bond motifs is 1. The van der Waals surface area contributed by atoms with Gasteiger partial charge in [-0.3, -0.25) is 19.6 Å². The van der Waals surface area contributed by atoms with Gasteiger partial charge in [-0.25, -0.2) is 9.97 Å². The van der Waals surface area contributed by atoms with Crippen LogP contribution in [-0.4, -0.2) is 85.4 Å². The number of halogens is 4. The van der Waals surface area contributed by atoms with Crippen molar-refractivity contribution in [1.29, 1.82) is 0 Å². The highest BCUT2D eigenvalue weighted by molar-refractivity contribution is 6.74. The SMILES string of the molecule is COc1nc(-c2cccc(-c3cccc(CC(=O)c4cc(OC(F)F)c5c(n4)CN(CCO[Si](C)(C)C(C)(C)C)CC5)c3Cl)c2Cl)cnc1CN1CC(C)C1. The molecule has 14 heteroatoms. The largest absolute Gasteiger partial charge is 0.480 e. The lowest BCUT2D eigenvalue weighted by Crippen LogP contribution is -2.44. The third-order valence-electron chi connectivity index (χ3n) is 10.9. The van der Waals surface area contributed by atoms with E-state index in [1.807, 2.05) is 24.3 Å². The van der Waals surface area contributed by atoms with Gasteiger partial charge in [0.05, 0.1) is 34.7 Å². The predicted molar refractivity (Wildman–Crippen MR) is 215 cm³/mol. The summed E-state index contributed by atoms with van der Waals surface area (Å²) >= 11 is 14.1. The molecule has 0 spiro atoms. The molecule has 1 saturated heterocycles. The third kappa shape index (κ3) is 9.38. The van der Waals surface area contributed by atoms with Gasteiger partial charge < -0.3 is 13.9 Å². The molecule has 0 amide bonds. The molecule has 9 nitrogen and oxygen atoms in total. The molecule has 4 heterocycles. The zero-order valence-electron chi connectivity index (χ0n) is 32.5. The summed E-state index contributed by atoms with van der Waals surface area (Å²) < 4.78 is 44.1. The maximum atomic E-state index is 13.8. The summed E-state index contributed by atoms with van der Waals surface area (Å²) in [6, 6.07) is 12.3. The van der Waals surface area contributed by atoms with Gasteiger partial charge in [0.2, 0.25) is 5.88 Å². The summed E-state index contributed by atoms with van der Waals surface area (Å²) in [5, 5.41) is 0.840. The van der Waals surface area contributed by atoms with Gasteiger partial charge in [-0.05, 0) is 36.0 Å². The van der Waals surface area contributed by atoms with E-state index in [4.69, 9.17) is 47.1 Å². The van der Waals surface area contributed by atoms with Gasteiger partial charge >= 0.3 is 6.61 Å². The van der Waals surface area contributed by atoms with Crippen molar-refractivity contribution >= 4 is 37.3 Å². The van der Waals surface area contributed by atoms with Crippen molar-refractivity contribution < 1.29 is 27.5 Å². The molecule has 2 aliphatic heterocycles. The van der Waals surface area contributed by atoms with Crippen molar-refractivity contribution in [2.75, 3.05) is 39.9 Å². The quantitative estimate of drug-likeness (QED) is 0.0913. The molecule has 2 aromatic carbocycles. The number of carbonyl (C=O) groups is 1. The van der Waals surface area contributed by atoms with Crippen molar-refractivity contribution in [3.05, 3.63) is 86.9 Å². The van der Waals surface area contributed by atoms with Gasteiger partial charge in [0, 0.05) is 80.6 Å². The Labute approximate surface area is 333 Å². The molecule has 2 aliphatic rings. The Bertz CT molecular complexity index is 2040. The van der Waals surface area contributed by atoms with E-state index in [-0.39, 0.29) is 28.7 Å². The number of alkyl halides is 2. The number of benzene rings is 2. The fourth-order valence-corrected chi connectivity index (χ4v) is 8.49. The fourth-order valence-electron chi connectivity index (χ4n) is 6.83. The molecule has 2 aromatic heterocycles. The lowest BCUT2D eigenvalue weighted by Gasteiger charge is -2.37. The summed E-state index contributed by atoms with van der Waals surface area (Å²) in [6.07, 6.45) is 2.05. The van der Waals surface area contributed by atoms with Gasteiger partial charge in [-0.15, -0.1) is 0 Å². The number of hydrogen-bond donors (Lipinski definition) is 0. The first-order chi connectivity index (χ1) is 26.0. The second kappa shape index (κ2) is 16.9. The van der Waals surface area contributed by atoms with E-state index in [2.05, 4.69) is 55.6 Å². The Morgan fingerprint density at radius 1 is 1.02 bits per heavy atom. The minimum atomic E-state index is -3.05. The average molecular weight is 813 g/mol. The normalized spacial score (nSPS) is 15.6. The molecule has 55 heavy (non-hydrogen) atoms. The number of likely N-dealkylation sites (tertiary alicyclic amines) is 1. The van der Waals surface area contributed by atoms with Crippen molar-refractivity contribution in [2.24, 2.45) is 5.92 Å². The molecule has 0 saturated carbocycles. The predicted octanol–water partition coefficient (Wildman–Crippen LogP) is 9.38. The number of rotatable bonds is 14. The van der Waals surface area contributed by atoms with Crippen LogP contribution in [-0.2, 0) is 30.4 Å². The van der Waals surface area contributed by atoms with Crippen molar-refractivity contribution in [2.45, 2.75) is 78.4 Å². The molecule has 0 radical (unpaired) electrons. The Balaban J connectivity index is 1.22. The van der Waals surface area contributed by atoms with E-state index < -0.39 is 14.9 Å². The average Bonchev–Trinajstić information content (AvgIpc) is 3.11. The molecular formula is C41H49Cl2F2N5O4Si. The fraction of sp³-hybridized carbons (Fsp3) is 0.463. The van der Waals surface area contributed by atoms with Gasteiger partial charge in [-0.1, -0.05) is 87.3 Å². The van der Waals surface area contributed by atoms with E-state index in [0.29, 0.717) is 100 Å². The first-order valence-corrected chi connectivity index (χ1v) is 22.3. The lowest BCUT2D eigenvalue weighted by molar-refractivity contribution is -0.0508. The van der Waals surface area contributed by atoms with Crippen LogP contribution >= 0.6 is 23.2 Å². The molecule has 6 rings (SSSR count). The summed E-state index contributed by atoms with van der Waals surface area (Å²) in [7, 11) is -0.355. The molecule has 0 N–H and O–H groups in total. The molecule has 0 bridgehead atoms. The van der Waals surface area contributed by atoms with Gasteiger partial charge in [0.15, 0.2) is 14.1 Å². The van der Waals surface area contributed by atoms with E-state index in [9.17, 15) is 13.6 Å². The van der Waals surface area contributed by atoms with E-state index in [1.165, 1.54) is 6.07 Å². The Morgan fingerprint density at radius 3 is 2.38 bits per heavy atom. The highest BCUT2D eigenvalue weighted by Gasteiger charge is 2.37. The molecule has 0 unspecified atom stereocenters. The third-order valence-corrected chi connectivity index (χ3v) is 16.3. The Hall–Kier alpha value is -3.52. The van der Waals surface area contributed by atoms with Crippen LogP contribution in [0.4, 0.5) is 8.78 Å². The first-order valence-electron chi connectivity index (χ1n) is 18.6. The summed E-state index contributed by atoms with van der Waals surface area (Å²) in [5.74, 6) is 0.707. The molecule has 4 aromatic rings. The lowest BCUT2D eigenvalue weighted by atomic mass is 9.97. The highest BCUT2D eigenvalue weighted by Crippen LogP contribution is 2.41. The summed E-state index contributed by atoms with van der Waals surface area (Å²) in [6.45, 7) is 15.1. The number of aromatic nitrogens is 3. The smallest absolute Gasteiger partial charge is 0.387 e. The van der Waals surface area contributed by atoms with Crippen molar-refractivity contribution in [1.82, 2.24) is 24.8 Å². The number of hydrogen-bond acceptors (Lipinski definition) is 9. The van der Waals surface area contributed by atoms with Crippen LogP contribution in [0.15, 0.2) is 48.7 Å². The maximum absolute atomic E-state index is 13.8. The van der Waals surface area contributed by atoms with Crippen LogP contribution in [0.1, 0.15) is 60.7 Å². The van der Waals surface area contributed by atoms with Gasteiger partial charge in [0.25, 0.3) is 0 Å². The van der Waals surface area contributed by atoms with Crippen LogP contribution in [0.25, 0.3) is 22.4 Å². The molecular weight excluding hydrogens is 763 g/mol. The second-order valence-corrected chi connectivity index (χ2v) is 21.6. The number of Topliss-reactive ketones (excluding diaryl/α,β-unsaturated/α-hetero) is 1. The van der Waals surface area contributed by atoms with E-state index in [1.54, 1.807) is 25.4 Å². The van der Waals surface area contributed by atoms with E-state index in [0.717, 1.165) is 18.8 Å². The zero-order valence-corrected chi connectivity index (χ0v) is 35.0. The monoisotopic (exact) mass is 811 g/mol. The number of nitrogens with zero attached hydrogens (tertiary/aromatic N) is 5. The van der Waals surface area contributed by atoms with Crippen LogP contribution in [0, 0.1) is 5.92 Å². The summed E-state index contributed by atoms with van der Waals surface area (Å²) in [5.41, 5.74) is 4.95. The minimum Gasteiger partial charge on any atom is -0.480 e. The van der Waals surface area contributed by atoms with Gasteiger partial charge in [-0.2, -0.15) is 8.78 Å². The van der Waals surface area contributed by atoms with Crippen LogP contribution in [0.5, 0.6) is 11.6 Å². The van der Waals surface area contributed by atoms with Crippen LogP contribution in [0.3, 0.4) is 0 Å². The van der Waals surface area contributed by atoms with Crippen molar-refractivity contribution in [3.63, 3.8) is 0 Å². The summed E-state index contributed by atoms with van der Waals surface area (Å²) in [4.78, 5) is 32.4. The van der Waals surface area contributed by atoms with Crippen molar-refractivity contribution in [3.8, 4) is 34.0 Å². The molecule has 294 valence electrons. The van der Waals surface area contributed by atoms with Gasteiger partial charge in [0.1, 0.15) is 17.1 Å². The number of carbonyl (C=O) groups excluding carboxylic acids is 1. The first kappa shape index (κ1) is 41.1. The maximum Gasteiger partial charge on any atom is 0.387 e. The molecule has 0 atom stereocenters. The minimum absolute atomic E-state index is 0.0214. The second-order valence-electron chi connectivity index (χ2n) is 16.0. The van der Waals surface area contributed by atoms with Crippen LogP contribution in [0.2, 0.25) is 28.2 Å². The number of ether oxygens (including phenoxy) is 2. The Morgan fingerprint density at radius 2 is 1.71 bits per heavy atom. The molecule has 1 fully saturated rings.